The van der Waals surface area contributed by atoms with Gasteiger partial charge in [-0.1, -0.05) is 56.0 Å². The van der Waals surface area contributed by atoms with Crippen molar-refractivity contribution in [1.82, 2.24) is 5.32 Å². The van der Waals surface area contributed by atoms with Gasteiger partial charge >= 0.3 is 0 Å². The first-order valence-electron chi connectivity index (χ1n) is 6.59. The minimum absolute atomic E-state index is 0.0224. The Balaban J connectivity index is 1.64. The summed E-state index contributed by atoms with van der Waals surface area (Å²) in [5.41, 5.74) is 1.06. The lowest BCUT2D eigenvalue weighted by atomic mass is 10.0. The van der Waals surface area contributed by atoms with Crippen LogP contribution in [-0.2, 0) is 11.2 Å². The second-order valence-electron chi connectivity index (χ2n) is 4.88. The third-order valence-corrected chi connectivity index (χ3v) is 3.50. The van der Waals surface area contributed by atoms with Gasteiger partial charge in [-0.2, -0.15) is 0 Å². The zero-order valence-electron chi connectivity index (χ0n) is 10.3. The fourth-order valence-corrected chi connectivity index (χ4v) is 2.50. The summed E-state index contributed by atoms with van der Waals surface area (Å²) in [6.45, 7) is 0.719. The van der Waals surface area contributed by atoms with Crippen molar-refractivity contribution in [3.05, 3.63) is 35.9 Å². The molecule has 0 heterocycles. The maximum atomic E-state index is 11.6. The minimum Gasteiger partial charge on any atom is -0.273 e. The number of rotatable bonds is 5. The molecule has 0 N–H and O–H groups in total. The van der Waals surface area contributed by atoms with Gasteiger partial charge in [0, 0.05) is 6.54 Å². The number of hydrogen-bond donors (Lipinski definition) is 0. The summed E-state index contributed by atoms with van der Waals surface area (Å²) in [7, 11) is 0. The molecule has 1 radical (unpaired) electrons. The van der Waals surface area contributed by atoms with Crippen molar-refractivity contribution in [1.29, 1.82) is 0 Å². The molecule has 0 bridgehead atoms. The van der Waals surface area contributed by atoms with Gasteiger partial charge in [0.25, 0.3) is 0 Å². The van der Waals surface area contributed by atoms with Crippen molar-refractivity contribution >= 4 is 5.91 Å². The van der Waals surface area contributed by atoms with Crippen LogP contribution in [0.3, 0.4) is 0 Å². The molecule has 2 rings (SSSR count). The summed E-state index contributed by atoms with van der Waals surface area (Å²) in [5, 5.41) is 4.14. The Morgan fingerprint density at radius 1 is 1.18 bits per heavy atom. The molecule has 1 aliphatic carbocycles. The van der Waals surface area contributed by atoms with E-state index in [-0.39, 0.29) is 5.91 Å². The third kappa shape index (κ3) is 4.22. The summed E-state index contributed by atoms with van der Waals surface area (Å²) in [6, 6.07) is 9.84. The van der Waals surface area contributed by atoms with E-state index in [9.17, 15) is 4.79 Å². The number of amides is 1. The number of hydrogen-bond acceptors (Lipinski definition) is 1. The third-order valence-electron chi connectivity index (χ3n) is 3.50. The first-order valence-corrected chi connectivity index (χ1v) is 6.59. The molecular formula is C15H20NO. The summed E-state index contributed by atoms with van der Waals surface area (Å²) in [5.74, 6) is 0.845. The van der Waals surface area contributed by atoms with Crippen molar-refractivity contribution in [3.8, 4) is 0 Å². The average Bonchev–Trinajstić information content (AvgIpc) is 2.83. The van der Waals surface area contributed by atoms with Crippen LogP contribution in [0.1, 0.15) is 37.7 Å². The monoisotopic (exact) mass is 230 g/mol. The molecule has 17 heavy (non-hydrogen) atoms. The number of carbonyl (C=O) groups excluding carboxylic acids is 1. The van der Waals surface area contributed by atoms with Gasteiger partial charge in [0.15, 0.2) is 0 Å². The Morgan fingerprint density at radius 3 is 2.59 bits per heavy atom. The van der Waals surface area contributed by atoms with Crippen LogP contribution in [0.2, 0.25) is 0 Å². The van der Waals surface area contributed by atoms with Gasteiger partial charge < -0.3 is 0 Å². The minimum atomic E-state index is 0.0224. The van der Waals surface area contributed by atoms with Crippen molar-refractivity contribution < 1.29 is 4.79 Å². The predicted molar refractivity (Wildman–Crippen MR) is 68.7 cm³/mol. The van der Waals surface area contributed by atoms with E-state index in [1.54, 1.807) is 0 Å². The largest absolute Gasteiger partial charge is 0.273 e. The Bertz CT molecular complexity index is 341. The summed E-state index contributed by atoms with van der Waals surface area (Å²) >= 11 is 0. The SMILES string of the molecule is O=C(Cc1ccccc1)[N]CCC1CCCC1. The molecule has 1 fully saturated rings. The van der Waals surface area contributed by atoms with E-state index in [1.807, 2.05) is 30.3 Å². The maximum absolute atomic E-state index is 11.6. The topological polar surface area (TPSA) is 31.2 Å². The van der Waals surface area contributed by atoms with Gasteiger partial charge in [-0.15, -0.1) is 0 Å². The molecule has 91 valence electrons. The van der Waals surface area contributed by atoms with Crippen LogP contribution in [0.4, 0.5) is 0 Å². The van der Waals surface area contributed by atoms with Crippen LogP contribution in [0, 0.1) is 5.92 Å². The van der Waals surface area contributed by atoms with E-state index < -0.39 is 0 Å². The smallest absolute Gasteiger partial charge is 0.245 e. The van der Waals surface area contributed by atoms with Gasteiger partial charge in [-0.25, -0.2) is 0 Å². The van der Waals surface area contributed by atoms with E-state index in [4.69, 9.17) is 0 Å². The Labute approximate surface area is 103 Å². The van der Waals surface area contributed by atoms with Crippen molar-refractivity contribution in [2.75, 3.05) is 6.54 Å². The van der Waals surface area contributed by atoms with Crippen molar-refractivity contribution in [2.45, 2.75) is 38.5 Å². The quantitative estimate of drug-likeness (QED) is 0.765. The van der Waals surface area contributed by atoms with E-state index in [2.05, 4.69) is 5.32 Å². The van der Waals surface area contributed by atoms with Gasteiger partial charge in [-0.05, 0) is 17.9 Å². The molecule has 0 atom stereocenters. The van der Waals surface area contributed by atoms with Gasteiger partial charge in [0.05, 0.1) is 6.42 Å². The van der Waals surface area contributed by atoms with Gasteiger partial charge in [-0.3, -0.25) is 10.1 Å². The number of nitrogens with zero attached hydrogens (tertiary/aromatic N) is 1. The molecule has 0 aromatic heterocycles. The maximum Gasteiger partial charge on any atom is 0.245 e. The molecule has 2 heteroatoms. The first-order chi connectivity index (χ1) is 8.34. The van der Waals surface area contributed by atoms with Crippen LogP contribution < -0.4 is 5.32 Å². The van der Waals surface area contributed by atoms with Crippen LogP contribution in [0.25, 0.3) is 0 Å². The molecule has 1 aromatic carbocycles. The summed E-state index contributed by atoms with van der Waals surface area (Å²) in [6.07, 6.45) is 6.95. The Morgan fingerprint density at radius 2 is 1.88 bits per heavy atom. The normalized spacial score (nSPS) is 16.0. The lowest BCUT2D eigenvalue weighted by Gasteiger charge is -2.07. The van der Waals surface area contributed by atoms with Crippen LogP contribution >= 0.6 is 0 Å². The lowest BCUT2D eigenvalue weighted by molar-refractivity contribution is -0.120. The van der Waals surface area contributed by atoms with Crippen molar-refractivity contribution in [2.24, 2.45) is 5.92 Å². The fourth-order valence-electron chi connectivity index (χ4n) is 2.50. The van der Waals surface area contributed by atoms with E-state index in [1.165, 1.54) is 25.7 Å². The van der Waals surface area contributed by atoms with Crippen LogP contribution in [0.15, 0.2) is 30.3 Å². The molecule has 1 amide bonds. The molecular weight excluding hydrogens is 210 g/mol. The molecule has 0 aliphatic heterocycles. The predicted octanol–water partition coefficient (Wildman–Crippen LogP) is 2.94. The second-order valence-corrected chi connectivity index (χ2v) is 4.88. The standard InChI is InChI=1S/C15H20NO/c17-15(12-14-8-2-1-3-9-14)16-11-10-13-6-4-5-7-13/h1-3,8-9,13H,4-7,10-12H2. The molecule has 1 aliphatic rings. The lowest BCUT2D eigenvalue weighted by Crippen LogP contribution is -2.20. The number of benzene rings is 1. The first kappa shape index (κ1) is 12.2. The summed E-state index contributed by atoms with van der Waals surface area (Å²) in [4.78, 5) is 11.6. The Kier molecular flexibility index (Phi) is 4.60. The molecule has 1 saturated carbocycles. The summed E-state index contributed by atoms with van der Waals surface area (Å²) < 4.78 is 0. The zero-order chi connectivity index (χ0) is 11.9. The molecule has 2 nitrogen and oxygen atoms in total. The second kappa shape index (κ2) is 6.43. The Hall–Kier alpha value is -1.31. The van der Waals surface area contributed by atoms with Crippen LogP contribution in [-0.4, -0.2) is 12.5 Å². The number of carbonyl (C=O) groups is 1. The van der Waals surface area contributed by atoms with Crippen LogP contribution in [0.5, 0.6) is 0 Å². The van der Waals surface area contributed by atoms with Gasteiger partial charge in [0.1, 0.15) is 0 Å². The average molecular weight is 230 g/mol. The fraction of sp³-hybridized carbons (Fsp3) is 0.533. The highest BCUT2D eigenvalue weighted by Gasteiger charge is 2.15. The highest BCUT2D eigenvalue weighted by molar-refractivity contribution is 5.78. The zero-order valence-corrected chi connectivity index (χ0v) is 10.3. The molecule has 0 unspecified atom stereocenters. The van der Waals surface area contributed by atoms with E-state index in [0.29, 0.717) is 6.42 Å². The van der Waals surface area contributed by atoms with E-state index >= 15 is 0 Å². The van der Waals surface area contributed by atoms with Crippen molar-refractivity contribution in [3.63, 3.8) is 0 Å². The molecule has 1 aromatic rings. The van der Waals surface area contributed by atoms with E-state index in [0.717, 1.165) is 24.4 Å². The molecule has 0 spiro atoms. The highest BCUT2D eigenvalue weighted by atomic mass is 16.1. The van der Waals surface area contributed by atoms with Gasteiger partial charge in [0.2, 0.25) is 5.91 Å². The highest BCUT2D eigenvalue weighted by Crippen LogP contribution is 2.26. The molecule has 0 saturated heterocycles.